The topological polar surface area (TPSA) is 83.5 Å². The van der Waals surface area contributed by atoms with Crippen molar-refractivity contribution in [3.8, 4) is 0 Å². The van der Waals surface area contributed by atoms with Crippen LogP contribution in [0.15, 0.2) is 27.6 Å². The summed E-state index contributed by atoms with van der Waals surface area (Å²) in [5.74, 6) is -2.30. The molecule has 0 saturated carbocycles. The molecule has 1 atom stereocenters. The normalized spacial score (nSPS) is 13.4. The molecule has 0 aliphatic heterocycles. The number of carbonyl (C=O) groups is 1. The second-order valence-electron chi connectivity index (χ2n) is 3.26. The van der Waals surface area contributed by atoms with Gasteiger partial charge in [0.1, 0.15) is 16.8 Å². The Morgan fingerprint density at radius 2 is 2.12 bits per heavy atom. The lowest BCUT2D eigenvalue weighted by Crippen LogP contribution is -2.38. The van der Waals surface area contributed by atoms with E-state index in [2.05, 4.69) is 15.9 Å². The first-order valence-electron chi connectivity index (χ1n) is 4.44. The maximum Gasteiger partial charge on any atom is 0.321 e. The highest BCUT2D eigenvalue weighted by molar-refractivity contribution is 9.10. The van der Waals surface area contributed by atoms with Crippen molar-refractivity contribution in [2.45, 2.75) is 17.9 Å². The average Bonchev–Trinajstić information content (AvgIpc) is 2.15. The number of carboxylic acids is 1. The predicted molar refractivity (Wildman–Crippen MR) is 61.5 cm³/mol. The number of hydrogen-bond acceptors (Lipinski definition) is 3. The zero-order valence-electron chi connectivity index (χ0n) is 8.65. The highest BCUT2D eigenvalue weighted by atomic mass is 79.9. The van der Waals surface area contributed by atoms with Crippen molar-refractivity contribution in [3.05, 3.63) is 28.5 Å². The summed E-state index contributed by atoms with van der Waals surface area (Å²) in [6.45, 7) is 1.15. The van der Waals surface area contributed by atoms with E-state index < -0.39 is 32.7 Å². The Kier molecular flexibility index (Phi) is 4.23. The van der Waals surface area contributed by atoms with Crippen LogP contribution in [0.4, 0.5) is 4.39 Å². The van der Waals surface area contributed by atoms with E-state index in [-0.39, 0.29) is 0 Å². The maximum absolute atomic E-state index is 13.4. The number of aliphatic carboxylic acids is 1. The number of rotatable bonds is 4. The zero-order chi connectivity index (χ0) is 13.2. The standard InChI is InChI=1S/C9H9BrFNO4S/c1-5(9(13)14)12-17(15,16)8-3-2-6(10)4-7(8)11/h2-5,12H,1H3,(H,13,14)/t5-/m0/s1. The van der Waals surface area contributed by atoms with Gasteiger partial charge in [0, 0.05) is 4.47 Å². The van der Waals surface area contributed by atoms with Crippen molar-refractivity contribution in [2.24, 2.45) is 0 Å². The highest BCUT2D eigenvalue weighted by Crippen LogP contribution is 2.19. The van der Waals surface area contributed by atoms with Crippen LogP contribution in [0, 0.1) is 5.82 Å². The SMILES string of the molecule is C[C@H](NS(=O)(=O)c1ccc(Br)cc1F)C(=O)O. The lowest BCUT2D eigenvalue weighted by Gasteiger charge is -2.10. The fourth-order valence-electron chi connectivity index (χ4n) is 1.04. The molecule has 0 radical (unpaired) electrons. The van der Waals surface area contributed by atoms with Gasteiger partial charge in [-0.25, -0.2) is 12.8 Å². The molecule has 2 N–H and O–H groups in total. The number of hydrogen-bond donors (Lipinski definition) is 2. The summed E-state index contributed by atoms with van der Waals surface area (Å²) in [6.07, 6.45) is 0. The van der Waals surface area contributed by atoms with Gasteiger partial charge in [0.2, 0.25) is 10.0 Å². The van der Waals surface area contributed by atoms with Gasteiger partial charge in [0.05, 0.1) is 0 Å². The molecule has 1 rings (SSSR count). The second-order valence-corrected chi connectivity index (χ2v) is 5.85. The van der Waals surface area contributed by atoms with E-state index in [1.165, 1.54) is 6.07 Å². The molecule has 0 heterocycles. The number of halogens is 2. The number of benzene rings is 1. The minimum absolute atomic E-state index is 0.389. The molecule has 0 fully saturated rings. The van der Waals surface area contributed by atoms with Gasteiger partial charge in [-0.1, -0.05) is 15.9 Å². The van der Waals surface area contributed by atoms with Crippen molar-refractivity contribution in [1.82, 2.24) is 4.72 Å². The Labute approximate surface area is 106 Å². The van der Waals surface area contributed by atoms with Crippen LogP contribution in [0.2, 0.25) is 0 Å². The van der Waals surface area contributed by atoms with Crippen molar-refractivity contribution >= 4 is 31.9 Å². The van der Waals surface area contributed by atoms with Crippen LogP contribution in [0.3, 0.4) is 0 Å². The van der Waals surface area contributed by atoms with Crippen LogP contribution in [0.25, 0.3) is 0 Å². The molecule has 5 nitrogen and oxygen atoms in total. The van der Waals surface area contributed by atoms with Crippen LogP contribution in [-0.2, 0) is 14.8 Å². The molecule has 17 heavy (non-hydrogen) atoms. The fourth-order valence-corrected chi connectivity index (χ4v) is 2.63. The van der Waals surface area contributed by atoms with Crippen LogP contribution in [0.1, 0.15) is 6.92 Å². The van der Waals surface area contributed by atoms with Gasteiger partial charge in [0.15, 0.2) is 0 Å². The summed E-state index contributed by atoms with van der Waals surface area (Å²) in [5.41, 5.74) is 0. The van der Waals surface area contributed by atoms with Crippen molar-refractivity contribution in [1.29, 1.82) is 0 Å². The van der Waals surface area contributed by atoms with Gasteiger partial charge < -0.3 is 5.11 Å². The lowest BCUT2D eigenvalue weighted by molar-refractivity contribution is -0.138. The molecular weight excluding hydrogens is 317 g/mol. The van der Waals surface area contributed by atoms with Crippen molar-refractivity contribution in [3.63, 3.8) is 0 Å². The van der Waals surface area contributed by atoms with Crippen LogP contribution in [-0.4, -0.2) is 25.5 Å². The summed E-state index contributed by atoms with van der Waals surface area (Å²) in [6, 6.07) is 2.06. The molecule has 0 aliphatic rings. The summed E-state index contributed by atoms with van der Waals surface area (Å²) < 4.78 is 38.9. The van der Waals surface area contributed by atoms with E-state index in [0.29, 0.717) is 4.47 Å². The van der Waals surface area contributed by atoms with E-state index >= 15 is 0 Å². The van der Waals surface area contributed by atoms with Gasteiger partial charge in [0.25, 0.3) is 0 Å². The fraction of sp³-hybridized carbons (Fsp3) is 0.222. The molecule has 0 aromatic heterocycles. The Bertz CT molecular complexity index is 546. The number of nitrogens with one attached hydrogen (secondary N) is 1. The maximum atomic E-state index is 13.4. The first-order chi connectivity index (χ1) is 7.74. The van der Waals surface area contributed by atoms with Crippen molar-refractivity contribution < 1.29 is 22.7 Å². The molecule has 8 heteroatoms. The monoisotopic (exact) mass is 325 g/mol. The average molecular weight is 326 g/mol. The third-order valence-corrected chi connectivity index (χ3v) is 3.95. The number of sulfonamides is 1. The Balaban J connectivity index is 3.10. The zero-order valence-corrected chi connectivity index (χ0v) is 11.0. The third kappa shape index (κ3) is 3.48. The summed E-state index contributed by atoms with van der Waals surface area (Å²) >= 11 is 2.99. The van der Waals surface area contributed by atoms with E-state index in [9.17, 15) is 17.6 Å². The van der Waals surface area contributed by atoms with Crippen LogP contribution in [0.5, 0.6) is 0 Å². The Morgan fingerprint density at radius 3 is 2.59 bits per heavy atom. The lowest BCUT2D eigenvalue weighted by atomic mass is 10.3. The van der Waals surface area contributed by atoms with Gasteiger partial charge in [-0.2, -0.15) is 4.72 Å². The first kappa shape index (κ1) is 14.1. The molecule has 1 aromatic rings. The minimum atomic E-state index is -4.18. The van der Waals surface area contributed by atoms with E-state index in [1.54, 1.807) is 0 Å². The van der Waals surface area contributed by atoms with E-state index in [4.69, 9.17) is 5.11 Å². The van der Waals surface area contributed by atoms with E-state index in [0.717, 1.165) is 19.1 Å². The molecule has 0 spiro atoms. The van der Waals surface area contributed by atoms with Gasteiger partial charge in [-0.3, -0.25) is 4.79 Å². The molecule has 1 aromatic carbocycles. The summed E-state index contributed by atoms with van der Waals surface area (Å²) in [4.78, 5) is 9.93. The largest absolute Gasteiger partial charge is 0.480 e. The first-order valence-corrected chi connectivity index (χ1v) is 6.72. The summed E-state index contributed by atoms with van der Waals surface area (Å²) in [5, 5.41) is 8.58. The van der Waals surface area contributed by atoms with Gasteiger partial charge in [-0.05, 0) is 25.1 Å². The molecule has 0 aliphatic carbocycles. The minimum Gasteiger partial charge on any atom is -0.480 e. The van der Waals surface area contributed by atoms with Gasteiger partial charge in [-0.15, -0.1) is 0 Å². The molecule has 0 saturated heterocycles. The van der Waals surface area contributed by atoms with Crippen molar-refractivity contribution in [2.75, 3.05) is 0 Å². The smallest absolute Gasteiger partial charge is 0.321 e. The number of carboxylic acid groups (broad SMARTS) is 1. The van der Waals surface area contributed by atoms with E-state index in [1.807, 2.05) is 4.72 Å². The molecular formula is C9H9BrFNO4S. The summed E-state index contributed by atoms with van der Waals surface area (Å²) in [7, 11) is -4.18. The molecule has 0 amide bonds. The highest BCUT2D eigenvalue weighted by Gasteiger charge is 2.24. The Hall–Kier alpha value is -0.990. The third-order valence-electron chi connectivity index (χ3n) is 1.89. The molecule has 0 unspecified atom stereocenters. The van der Waals surface area contributed by atoms with Crippen LogP contribution >= 0.6 is 15.9 Å². The van der Waals surface area contributed by atoms with Crippen LogP contribution < -0.4 is 4.72 Å². The predicted octanol–water partition coefficient (Wildman–Crippen LogP) is 1.34. The Morgan fingerprint density at radius 1 is 1.53 bits per heavy atom. The quantitative estimate of drug-likeness (QED) is 0.875. The van der Waals surface area contributed by atoms with Gasteiger partial charge >= 0.3 is 5.97 Å². The molecule has 94 valence electrons. The second kappa shape index (κ2) is 5.11. The molecule has 0 bridgehead atoms.